The Balaban J connectivity index is 2.05. The van der Waals surface area contributed by atoms with Gasteiger partial charge in [-0.05, 0) is 60.1 Å². The standard InChI is InChI=1S/C15H21IO2/c1-2-18-15(9-3-4-10-15)14(17)11-12-5-7-13(16)8-6-12/h5-8,14,17H,2-4,9-11H2,1H3. The average molecular weight is 360 g/mol. The second-order valence-corrected chi connectivity index (χ2v) is 6.30. The molecule has 1 unspecified atom stereocenters. The summed E-state index contributed by atoms with van der Waals surface area (Å²) in [5.41, 5.74) is 0.895. The molecule has 0 aliphatic heterocycles. The van der Waals surface area contributed by atoms with Crippen molar-refractivity contribution in [2.24, 2.45) is 0 Å². The maximum atomic E-state index is 10.5. The van der Waals surface area contributed by atoms with Crippen LogP contribution in [0.3, 0.4) is 0 Å². The first-order chi connectivity index (χ1) is 8.66. The summed E-state index contributed by atoms with van der Waals surface area (Å²) >= 11 is 2.30. The maximum absolute atomic E-state index is 10.5. The highest BCUT2D eigenvalue weighted by Crippen LogP contribution is 2.37. The van der Waals surface area contributed by atoms with Crippen molar-refractivity contribution >= 4 is 22.6 Å². The van der Waals surface area contributed by atoms with Gasteiger partial charge in [-0.15, -0.1) is 0 Å². The minimum atomic E-state index is -0.389. The van der Waals surface area contributed by atoms with Crippen LogP contribution in [0.5, 0.6) is 0 Å². The molecule has 1 saturated carbocycles. The van der Waals surface area contributed by atoms with Crippen molar-refractivity contribution in [2.75, 3.05) is 6.61 Å². The van der Waals surface area contributed by atoms with Crippen molar-refractivity contribution in [3.63, 3.8) is 0 Å². The molecule has 1 N–H and O–H groups in total. The van der Waals surface area contributed by atoms with Gasteiger partial charge in [-0.2, -0.15) is 0 Å². The maximum Gasteiger partial charge on any atom is 0.0943 e. The van der Waals surface area contributed by atoms with Crippen molar-refractivity contribution in [2.45, 2.75) is 50.7 Å². The first-order valence-corrected chi connectivity index (χ1v) is 7.80. The number of ether oxygens (including phenoxy) is 1. The quantitative estimate of drug-likeness (QED) is 0.814. The average Bonchev–Trinajstić information content (AvgIpc) is 2.82. The third kappa shape index (κ3) is 3.25. The van der Waals surface area contributed by atoms with Gasteiger partial charge in [0, 0.05) is 16.6 Å². The molecule has 0 spiro atoms. The lowest BCUT2D eigenvalue weighted by Gasteiger charge is -2.34. The number of halogens is 1. The van der Waals surface area contributed by atoms with Crippen molar-refractivity contribution < 1.29 is 9.84 Å². The molecule has 0 saturated heterocycles. The summed E-state index contributed by atoms with van der Waals surface area (Å²) in [4.78, 5) is 0. The molecule has 0 amide bonds. The summed E-state index contributed by atoms with van der Waals surface area (Å²) in [6, 6.07) is 8.37. The zero-order chi connectivity index (χ0) is 13.0. The molecule has 18 heavy (non-hydrogen) atoms. The fourth-order valence-electron chi connectivity index (χ4n) is 2.86. The third-order valence-electron chi connectivity index (χ3n) is 3.83. The summed E-state index contributed by atoms with van der Waals surface area (Å²) in [6.07, 6.45) is 4.63. The molecule has 3 heteroatoms. The Morgan fingerprint density at radius 1 is 1.28 bits per heavy atom. The van der Waals surface area contributed by atoms with Crippen molar-refractivity contribution in [3.8, 4) is 0 Å². The molecule has 1 aliphatic rings. The first kappa shape index (κ1) is 14.3. The highest BCUT2D eigenvalue weighted by atomic mass is 127. The molecule has 2 nitrogen and oxygen atoms in total. The van der Waals surface area contributed by atoms with Gasteiger partial charge in [0.2, 0.25) is 0 Å². The van der Waals surface area contributed by atoms with Gasteiger partial charge in [0.1, 0.15) is 0 Å². The SMILES string of the molecule is CCOC1(C(O)Cc2ccc(I)cc2)CCCC1. The van der Waals surface area contributed by atoms with Gasteiger partial charge in [-0.1, -0.05) is 25.0 Å². The summed E-state index contributed by atoms with van der Waals surface area (Å²) in [5, 5.41) is 10.5. The van der Waals surface area contributed by atoms with Crippen LogP contribution >= 0.6 is 22.6 Å². The van der Waals surface area contributed by atoms with Gasteiger partial charge in [0.05, 0.1) is 11.7 Å². The van der Waals surface area contributed by atoms with Crippen LogP contribution in [0.1, 0.15) is 38.2 Å². The van der Waals surface area contributed by atoms with Crippen LogP contribution in [0.2, 0.25) is 0 Å². The van der Waals surface area contributed by atoms with E-state index in [9.17, 15) is 5.11 Å². The summed E-state index contributed by atoms with van der Waals surface area (Å²) in [5.74, 6) is 0. The first-order valence-electron chi connectivity index (χ1n) is 6.73. The second-order valence-electron chi connectivity index (χ2n) is 5.05. The van der Waals surface area contributed by atoms with Gasteiger partial charge >= 0.3 is 0 Å². The molecule has 2 rings (SSSR count). The Morgan fingerprint density at radius 2 is 1.89 bits per heavy atom. The van der Waals surface area contributed by atoms with E-state index in [1.165, 1.54) is 22.0 Å². The molecule has 1 aromatic rings. The fraction of sp³-hybridized carbons (Fsp3) is 0.600. The van der Waals surface area contributed by atoms with Gasteiger partial charge < -0.3 is 9.84 Å². The number of hydrogen-bond donors (Lipinski definition) is 1. The molecule has 1 aliphatic carbocycles. The van der Waals surface area contributed by atoms with E-state index in [0.717, 1.165) is 12.8 Å². The van der Waals surface area contributed by atoms with Crippen LogP contribution in [0.25, 0.3) is 0 Å². The van der Waals surface area contributed by atoms with Crippen LogP contribution in [0.4, 0.5) is 0 Å². The Hall–Kier alpha value is -0.130. The fourth-order valence-corrected chi connectivity index (χ4v) is 3.22. The van der Waals surface area contributed by atoms with E-state index >= 15 is 0 Å². The van der Waals surface area contributed by atoms with Crippen molar-refractivity contribution in [1.82, 2.24) is 0 Å². The van der Waals surface area contributed by atoms with Crippen LogP contribution in [0, 0.1) is 3.57 Å². The number of aliphatic hydroxyl groups is 1. The van der Waals surface area contributed by atoms with Crippen molar-refractivity contribution in [1.29, 1.82) is 0 Å². The monoisotopic (exact) mass is 360 g/mol. The molecular weight excluding hydrogens is 339 g/mol. The smallest absolute Gasteiger partial charge is 0.0943 e. The van der Waals surface area contributed by atoms with Gasteiger partial charge in [-0.3, -0.25) is 0 Å². The number of rotatable bonds is 5. The largest absolute Gasteiger partial charge is 0.390 e. The Morgan fingerprint density at radius 3 is 2.44 bits per heavy atom. The van der Waals surface area contributed by atoms with E-state index in [1.807, 2.05) is 6.92 Å². The van der Waals surface area contributed by atoms with Gasteiger partial charge in [-0.25, -0.2) is 0 Å². The predicted octanol–water partition coefficient (Wildman–Crippen LogP) is 3.54. The van der Waals surface area contributed by atoms with Crippen LogP contribution in [-0.2, 0) is 11.2 Å². The Kier molecular flexibility index (Phi) is 5.04. The van der Waals surface area contributed by atoms with Crippen molar-refractivity contribution in [3.05, 3.63) is 33.4 Å². The predicted molar refractivity (Wildman–Crippen MR) is 81.7 cm³/mol. The molecule has 1 fully saturated rings. The molecule has 0 bridgehead atoms. The lowest BCUT2D eigenvalue weighted by atomic mass is 9.90. The highest BCUT2D eigenvalue weighted by Gasteiger charge is 2.41. The van der Waals surface area contributed by atoms with Gasteiger partial charge in [0.25, 0.3) is 0 Å². The molecule has 0 heterocycles. The minimum Gasteiger partial charge on any atom is -0.390 e. The van der Waals surface area contributed by atoms with Crippen LogP contribution in [0.15, 0.2) is 24.3 Å². The highest BCUT2D eigenvalue weighted by molar-refractivity contribution is 14.1. The molecular formula is C15H21IO2. The van der Waals surface area contributed by atoms with Crippen LogP contribution in [-0.4, -0.2) is 23.4 Å². The summed E-state index contributed by atoms with van der Waals surface area (Å²) in [7, 11) is 0. The molecule has 0 aromatic heterocycles. The molecule has 100 valence electrons. The lowest BCUT2D eigenvalue weighted by molar-refractivity contribution is -0.115. The molecule has 0 radical (unpaired) electrons. The topological polar surface area (TPSA) is 29.5 Å². The van der Waals surface area contributed by atoms with E-state index in [4.69, 9.17) is 4.74 Å². The molecule has 1 atom stereocenters. The normalized spacial score (nSPS) is 19.9. The number of aliphatic hydroxyl groups excluding tert-OH is 1. The van der Waals surface area contributed by atoms with E-state index < -0.39 is 0 Å². The van der Waals surface area contributed by atoms with Crippen LogP contribution < -0.4 is 0 Å². The summed E-state index contributed by atoms with van der Waals surface area (Å²) < 4.78 is 7.12. The Bertz CT molecular complexity index is 369. The lowest BCUT2D eigenvalue weighted by Crippen LogP contribution is -2.43. The zero-order valence-corrected chi connectivity index (χ0v) is 13.0. The van der Waals surface area contributed by atoms with E-state index in [1.54, 1.807) is 0 Å². The number of benzene rings is 1. The second kappa shape index (κ2) is 6.35. The van der Waals surface area contributed by atoms with E-state index in [0.29, 0.717) is 13.0 Å². The minimum absolute atomic E-state index is 0.294. The summed E-state index contributed by atoms with van der Waals surface area (Å²) in [6.45, 7) is 2.70. The number of hydrogen-bond acceptors (Lipinski definition) is 2. The van der Waals surface area contributed by atoms with E-state index in [-0.39, 0.29) is 11.7 Å². The van der Waals surface area contributed by atoms with Gasteiger partial charge in [0.15, 0.2) is 0 Å². The Labute approximate surface area is 123 Å². The third-order valence-corrected chi connectivity index (χ3v) is 4.55. The van der Waals surface area contributed by atoms with E-state index in [2.05, 4.69) is 46.9 Å². The zero-order valence-electron chi connectivity index (χ0n) is 10.9. The molecule has 1 aromatic carbocycles.